The molecular formula is C16H23NO4. The molecule has 3 rings (SSSR count). The molecule has 0 saturated carbocycles. The van der Waals surface area contributed by atoms with Crippen LogP contribution in [0.4, 0.5) is 4.79 Å². The molecule has 2 aliphatic rings. The van der Waals surface area contributed by atoms with Gasteiger partial charge in [-0.15, -0.1) is 0 Å². The predicted octanol–water partition coefficient (Wildman–Crippen LogP) is 3.08. The summed E-state index contributed by atoms with van der Waals surface area (Å²) >= 11 is 0. The van der Waals surface area contributed by atoms with Gasteiger partial charge >= 0.3 is 6.16 Å². The number of carbonyl (C=O) groups excluding carboxylic acids is 1. The quantitative estimate of drug-likeness (QED) is 0.798. The van der Waals surface area contributed by atoms with E-state index in [0.717, 1.165) is 50.4 Å². The summed E-state index contributed by atoms with van der Waals surface area (Å²) in [4.78, 5) is 13.5. The van der Waals surface area contributed by atoms with Crippen molar-refractivity contribution in [2.75, 3.05) is 26.2 Å². The lowest BCUT2D eigenvalue weighted by Crippen LogP contribution is -2.46. The van der Waals surface area contributed by atoms with Gasteiger partial charge in [0, 0.05) is 31.8 Å². The molecule has 2 fully saturated rings. The second-order valence-corrected chi connectivity index (χ2v) is 6.30. The lowest BCUT2D eigenvalue weighted by Gasteiger charge is -2.36. The third-order valence-electron chi connectivity index (χ3n) is 4.65. The first-order valence-corrected chi connectivity index (χ1v) is 7.71. The topological polar surface area (TPSA) is 51.9 Å². The molecule has 1 aromatic heterocycles. The summed E-state index contributed by atoms with van der Waals surface area (Å²) in [6.07, 6.45) is 2.31. The zero-order chi connectivity index (χ0) is 14.9. The molecule has 2 aliphatic heterocycles. The van der Waals surface area contributed by atoms with Crippen LogP contribution in [0.15, 0.2) is 16.5 Å². The summed E-state index contributed by atoms with van der Waals surface area (Å²) in [6, 6.07) is 4.09. The van der Waals surface area contributed by atoms with E-state index >= 15 is 0 Å². The summed E-state index contributed by atoms with van der Waals surface area (Å²) in [7, 11) is 0. The number of likely N-dealkylation sites (tertiary alicyclic amines) is 1. The minimum Gasteiger partial charge on any atom is -0.466 e. The number of rotatable bonds is 4. The summed E-state index contributed by atoms with van der Waals surface area (Å²) in [5, 5.41) is 0. The van der Waals surface area contributed by atoms with Crippen molar-refractivity contribution in [1.82, 2.24) is 4.90 Å². The van der Waals surface area contributed by atoms with Gasteiger partial charge in [-0.3, -0.25) is 0 Å². The molecule has 0 radical (unpaired) electrons. The smallest absolute Gasteiger partial charge is 0.466 e. The van der Waals surface area contributed by atoms with Crippen molar-refractivity contribution in [2.45, 2.75) is 44.6 Å². The minimum absolute atomic E-state index is 0.350. The van der Waals surface area contributed by atoms with Gasteiger partial charge in [0.1, 0.15) is 18.1 Å². The molecule has 0 bridgehead atoms. The predicted molar refractivity (Wildman–Crippen MR) is 77.3 cm³/mol. The van der Waals surface area contributed by atoms with Gasteiger partial charge in [0.05, 0.1) is 0 Å². The van der Waals surface area contributed by atoms with Gasteiger partial charge in [-0.05, 0) is 32.0 Å². The Labute approximate surface area is 125 Å². The summed E-state index contributed by atoms with van der Waals surface area (Å²) < 4.78 is 16.0. The normalized spacial score (nSPS) is 23.0. The van der Waals surface area contributed by atoms with Crippen LogP contribution in [0.25, 0.3) is 0 Å². The van der Waals surface area contributed by atoms with Crippen LogP contribution < -0.4 is 0 Å². The number of nitrogens with zero attached hydrogens (tertiary/aromatic N) is 1. The SMILES string of the molecule is Cc1ccc([C@@H](C)CCN2CCC3(CC2)COC(=O)O3)o1. The Morgan fingerprint density at radius 3 is 2.67 bits per heavy atom. The maximum absolute atomic E-state index is 11.1. The number of ether oxygens (including phenoxy) is 2. The van der Waals surface area contributed by atoms with Crippen LogP contribution in [0.1, 0.15) is 43.6 Å². The van der Waals surface area contributed by atoms with Crippen molar-refractivity contribution in [1.29, 1.82) is 0 Å². The third kappa shape index (κ3) is 3.23. The molecule has 5 heteroatoms. The van der Waals surface area contributed by atoms with Crippen LogP contribution >= 0.6 is 0 Å². The molecule has 1 atom stereocenters. The highest BCUT2D eigenvalue weighted by Gasteiger charge is 2.44. The number of aryl methyl sites for hydroxylation is 1. The Bertz CT molecular complexity index is 502. The third-order valence-corrected chi connectivity index (χ3v) is 4.65. The van der Waals surface area contributed by atoms with E-state index in [1.807, 2.05) is 13.0 Å². The molecule has 0 aromatic carbocycles. The van der Waals surface area contributed by atoms with Gasteiger partial charge in [0.25, 0.3) is 0 Å². The Morgan fingerprint density at radius 2 is 2.10 bits per heavy atom. The van der Waals surface area contributed by atoms with Crippen LogP contribution in [0.3, 0.4) is 0 Å². The van der Waals surface area contributed by atoms with Crippen LogP contribution in [-0.2, 0) is 9.47 Å². The molecular weight excluding hydrogens is 270 g/mol. The zero-order valence-electron chi connectivity index (χ0n) is 12.8. The van der Waals surface area contributed by atoms with Crippen molar-refractivity contribution < 1.29 is 18.7 Å². The summed E-state index contributed by atoms with van der Waals surface area (Å²) in [5.41, 5.74) is -0.350. The molecule has 116 valence electrons. The van der Waals surface area contributed by atoms with E-state index in [4.69, 9.17) is 13.9 Å². The fourth-order valence-electron chi connectivity index (χ4n) is 3.09. The van der Waals surface area contributed by atoms with Crippen LogP contribution in [0, 0.1) is 6.92 Å². The molecule has 5 nitrogen and oxygen atoms in total. The first-order chi connectivity index (χ1) is 10.1. The van der Waals surface area contributed by atoms with Crippen molar-refractivity contribution >= 4 is 6.16 Å². The van der Waals surface area contributed by atoms with Crippen molar-refractivity contribution in [3.05, 3.63) is 23.7 Å². The van der Waals surface area contributed by atoms with Crippen molar-refractivity contribution in [3.8, 4) is 0 Å². The van der Waals surface area contributed by atoms with E-state index in [2.05, 4.69) is 17.9 Å². The van der Waals surface area contributed by atoms with E-state index in [-0.39, 0.29) is 5.60 Å². The lowest BCUT2D eigenvalue weighted by molar-refractivity contribution is -0.000219. The Morgan fingerprint density at radius 1 is 1.33 bits per heavy atom. The number of hydrogen-bond acceptors (Lipinski definition) is 5. The zero-order valence-corrected chi connectivity index (χ0v) is 12.8. The summed E-state index contributed by atoms with van der Waals surface area (Å²) in [6.45, 7) is 7.57. The molecule has 0 N–H and O–H groups in total. The van der Waals surface area contributed by atoms with Crippen LogP contribution in [-0.4, -0.2) is 42.9 Å². The average Bonchev–Trinajstić information content (AvgIpc) is 3.05. The highest BCUT2D eigenvalue weighted by Crippen LogP contribution is 2.32. The second kappa shape index (κ2) is 5.72. The molecule has 0 unspecified atom stereocenters. The van der Waals surface area contributed by atoms with E-state index < -0.39 is 6.16 Å². The van der Waals surface area contributed by atoms with E-state index in [9.17, 15) is 4.79 Å². The number of cyclic esters (lactones) is 1. The number of carbonyl (C=O) groups is 1. The monoisotopic (exact) mass is 293 g/mol. The lowest BCUT2D eigenvalue weighted by atomic mass is 9.92. The van der Waals surface area contributed by atoms with Gasteiger partial charge in [0.2, 0.25) is 0 Å². The first-order valence-electron chi connectivity index (χ1n) is 7.71. The fraction of sp³-hybridized carbons (Fsp3) is 0.688. The van der Waals surface area contributed by atoms with Gasteiger partial charge < -0.3 is 18.8 Å². The van der Waals surface area contributed by atoms with Crippen LogP contribution in [0.2, 0.25) is 0 Å². The highest BCUT2D eigenvalue weighted by molar-refractivity contribution is 5.62. The largest absolute Gasteiger partial charge is 0.509 e. The molecule has 3 heterocycles. The number of furan rings is 1. The first kappa shape index (κ1) is 14.4. The highest BCUT2D eigenvalue weighted by atomic mass is 16.8. The Hall–Kier alpha value is -1.49. The van der Waals surface area contributed by atoms with Crippen molar-refractivity contribution in [3.63, 3.8) is 0 Å². The van der Waals surface area contributed by atoms with E-state index in [1.54, 1.807) is 0 Å². The molecule has 2 saturated heterocycles. The molecule has 1 aromatic rings. The van der Waals surface area contributed by atoms with Crippen molar-refractivity contribution in [2.24, 2.45) is 0 Å². The van der Waals surface area contributed by atoms with Gasteiger partial charge in [-0.2, -0.15) is 0 Å². The van der Waals surface area contributed by atoms with Gasteiger partial charge in [-0.25, -0.2) is 4.79 Å². The average molecular weight is 293 g/mol. The maximum Gasteiger partial charge on any atom is 0.509 e. The summed E-state index contributed by atoms with van der Waals surface area (Å²) in [5.74, 6) is 2.47. The number of piperidine rings is 1. The standard InChI is InChI=1S/C16H23NO4/c1-12(14-4-3-13(2)20-14)5-8-17-9-6-16(7-10-17)11-19-15(18)21-16/h3-4,12H,5-11H2,1-2H3/t12-/m0/s1. The van der Waals surface area contributed by atoms with E-state index in [0.29, 0.717) is 12.5 Å². The second-order valence-electron chi connectivity index (χ2n) is 6.30. The fourth-order valence-corrected chi connectivity index (χ4v) is 3.09. The Kier molecular flexibility index (Phi) is 3.93. The van der Waals surface area contributed by atoms with Gasteiger partial charge in [0.15, 0.2) is 5.60 Å². The maximum atomic E-state index is 11.1. The molecule has 21 heavy (non-hydrogen) atoms. The molecule has 0 aliphatic carbocycles. The Balaban J connectivity index is 1.44. The van der Waals surface area contributed by atoms with Crippen LogP contribution in [0.5, 0.6) is 0 Å². The van der Waals surface area contributed by atoms with E-state index in [1.165, 1.54) is 0 Å². The van der Waals surface area contributed by atoms with Gasteiger partial charge in [-0.1, -0.05) is 6.92 Å². The number of hydrogen-bond donors (Lipinski definition) is 0. The molecule has 0 amide bonds. The molecule has 1 spiro atoms. The minimum atomic E-state index is -0.509.